The van der Waals surface area contributed by atoms with Gasteiger partial charge in [-0.25, -0.2) is 0 Å². The number of rotatable bonds is 1. The van der Waals surface area contributed by atoms with E-state index in [1.807, 2.05) is 45.0 Å². The van der Waals surface area contributed by atoms with E-state index in [0.29, 0.717) is 0 Å². The fraction of sp³-hybridized carbons (Fsp3) is 0.250. The molecule has 13 heavy (non-hydrogen) atoms. The molecule has 0 N–H and O–H groups in total. The summed E-state index contributed by atoms with van der Waals surface area (Å²) in [5, 5.41) is 0. The topological polar surface area (TPSA) is 12.4 Å². The van der Waals surface area contributed by atoms with Crippen LogP contribution in [0.4, 0.5) is 5.69 Å². The quantitative estimate of drug-likeness (QED) is 0.454. The van der Waals surface area contributed by atoms with Gasteiger partial charge in [0.1, 0.15) is 0 Å². The average Bonchev–Trinajstić information content (AvgIpc) is 2.04. The molecular weight excluding hydrogens is 158 g/mol. The molecule has 0 saturated carbocycles. The lowest BCUT2D eigenvalue weighted by Crippen LogP contribution is -1.79. The van der Waals surface area contributed by atoms with E-state index in [4.69, 9.17) is 0 Å². The minimum Gasteiger partial charge on any atom is -0.258 e. The zero-order valence-electron chi connectivity index (χ0n) is 8.26. The number of benzene rings is 1. The Bertz CT molecular complexity index is 374. The molecule has 0 heterocycles. The summed E-state index contributed by atoms with van der Waals surface area (Å²) >= 11 is 0. The maximum atomic E-state index is 4.35. The van der Waals surface area contributed by atoms with Gasteiger partial charge in [0.2, 0.25) is 0 Å². The molecule has 1 aromatic rings. The van der Waals surface area contributed by atoms with Gasteiger partial charge in [-0.1, -0.05) is 12.0 Å². The number of aliphatic imine (C=N–C) groups is 1. The SMILES string of the molecule is CC#Cc1cccc(N=C(C)C)c1. The minimum absolute atomic E-state index is 0.972. The maximum absolute atomic E-state index is 4.35. The molecule has 0 saturated heterocycles. The zero-order valence-corrected chi connectivity index (χ0v) is 8.26. The van der Waals surface area contributed by atoms with Gasteiger partial charge in [-0.05, 0) is 39.0 Å². The van der Waals surface area contributed by atoms with Crippen molar-refractivity contribution < 1.29 is 0 Å². The largest absolute Gasteiger partial charge is 0.258 e. The predicted molar refractivity (Wildman–Crippen MR) is 57.4 cm³/mol. The van der Waals surface area contributed by atoms with Gasteiger partial charge in [-0.15, -0.1) is 5.92 Å². The van der Waals surface area contributed by atoms with Crippen LogP contribution >= 0.6 is 0 Å². The third-order valence-electron chi connectivity index (χ3n) is 1.47. The Balaban J connectivity index is 3.03. The van der Waals surface area contributed by atoms with Gasteiger partial charge in [-0.3, -0.25) is 4.99 Å². The highest BCUT2D eigenvalue weighted by Gasteiger charge is 1.90. The van der Waals surface area contributed by atoms with E-state index in [0.717, 1.165) is 17.0 Å². The van der Waals surface area contributed by atoms with E-state index in [-0.39, 0.29) is 0 Å². The summed E-state index contributed by atoms with van der Waals surface area (Å²) in [6.07, 6.45) is 0. The Morgan fingerprint density at radius 3 is 2.69 bits per heavy atom. The summed E-state index contributed by atoms with van der Waals surface area (Å²) in [5.74, 6) is 5.87. The summed E-state index contributed by atoms with van der Waals surface area (Å²) in [4.78, 5) is 4.35. The van der Waals surface area contributed by atoms with Crippen molar-refractivity contribution in [3.8, 4) is 11.8 Å². The third kappa shape index (κ3) is 3.13. The molecule has 0 aliphatic carbocycles. The van der Waals surface area contributed by atoms with Gasteiger partial charge in [0, 0.05) is 11.3 Å². The number of hydrogen-bond donors (Lipinski definition) is 0. The Morgan fingerprint density at radius 1 is 1.31 bits per heavy atom. The average molecular weight is 171 g/mol. The van der Waals surface area contributed by atoms with Crippen LogP contribution in [0.1, 0.15) is 26.3 Å². The molecule has 66 valence electrons. The smallest absolute Gasteiger partial charge is 0.0641 e. The van der Waals surface area contributed by atoms with Crippen LogP contribution in [0.5, 0.6) is 0 Å². The maximum Gasteiger partial charge on any atom is 0.0641 e. The highest BCUT2D eigenvalue weighted by molar-refractivity contribution is 5.82. The van der Waals surface area contributed by atoms with Crippen LogP contribution in [0.25, 0.3) is 0 Å². The van der Waals surface area contributed by atoms with Crippen molar-refractivity contribution in [3.05, 3.63) is 29.8 Å². The Labute approximate surface area is 79.5 Å². The van der Waals surface area contributed by atoms with Crippen molar-refractivity contribution in [2.75, 3.05) is 0 Å². The second-order valence-electron chi connectivity index (χ2n) is 2.98. The van der Waals surface area contributed by atoms with Gasteiger partial charge < -0.3 is 0 Å². The molecule has 1 aromatic carbocycles. The molecule has 0 bridgehead atoms. The van der Waals surface area contributed by atoms with Crippen LogP contribution in [-0.2, 0) is 0 Å². The fourth-order valence-electron chi connectivity index (χ4n) is 1.06. The first-order chi connectivity index (χ1) is 6.22. The molecule has 1 rings (SSSR count). The Morgan fingerprint density at radius 2 is 2.08 bits per heavy atom. The summed E-state index contributed by atoms with van der Waals surface area (Å²) in [6, 6.07) is 7.93. The van der Waals surface area contributed by atoms with E-state index in [1.54, 1.807) is 0 Å². The van der Waals surface area contributed by atoms with Crippen molar-refractivity contribution in [1.82, 2.24) is 0 Å². The van der Waals surface area contributed by atoms with E-state index in [2.05, 4.69) is 16.8 Å². The van der Waals surface area contributed by atoms with Crippen molar-refractivity contribution >= 4 is 11.4 Å². The molecule has 1 heteroatoms. The lowest BCUT2D eigenvalue weighted by atomic mass is 10.2. The standard InChI is InChI=1S/C12H13N/c1-4-6-11-7-5-8-12(9-11)13-10(2)3/h5,7-9H,1-3H3. The number of hydrogen-bond acceptors (Lipinski definition) is 1. The highest BCUT2D eigenvalue weighted by atomic mass is 14.7. The van der Waals surface area contributed by atoms with Crippen molar-refractivity contribution in [1.29, 1.82) is 0 Å². The van der Waals surface area contributed by atoms with E-state index >= 15 is 0 Å². The van der Waals surface area contributed by atoms with Crippen LogP contribution in [0.15, 0.2) is 29.3 Å². The van der Waals surface area contributed by atoms with Gasteiger partial charge in [0.05, 0.1) is 5.69 Å². The first-order valence-electron chi connectivity index (χ1n) is 4.27. The lowest BCUT2D eigenvalue weighted by Gasteiger charge is -1.95. The first kappa shape index (κ1) is 9.54. The Hall–Kier alpha value is -1.55. The van der Waals surface area contributed by atoms with E-state index < -0.39 is 0 Å². The fourth-order valence-corrected chi connectivity index (χ4v) is 1.06. The van der Waals surface area contributed by atoms with Crippen molar-refractivity contribution in [2.24, 2.45) is 4.99 Å². The summed E-state index contributed by atoms with van der Waals surface area (Å²) in [5.41, 5.74) is 3.05. The van der Waals surface area contributed by atoms with Crippen LogP contribution in [0, 0.1) is 11.8 Å². The molecule has 0 aromatic heterocycles. The molecule has 0 aliphatic rings. The minimum atomic E-state index is 0.972. The predicted octanol–water partition coefficient (Wildman–Crippen LogP) is 3.17. The van der Waals surface area contributed by atoms with Gasteiger partial charge in [0.25, 0.3) is 0 Å². The van der Waals surface area contributed by atoms with Crippen LogP contribution < -0.4 is 0 Å². The zero-order chi connectivity index (χ0) is 9.68. The van der Waals surface area contributed by atoms with Gasteiger partial charge >= 0.3 is 0 Å². The molecule has 0 amide bonds. The molecule has 0 unspecified atom stereocenters. The van der Waals surface area contributed by atoms with Crippen LogP contribution in [0.2, 0.25) is 0 Å². The Kier molecular flexibility index (Phi) is 3.28. The lowest BCUT2D eigenvalue weighted by molar-refractivity contribution is 1.46. The third-order valence-corrected chi connectivity index (χ3v) is 1.47. The van der Waals surface area contributed by atoms with Crippen molar-refractivity contribution in [2.45, 2.75) is 20.8 Å². The molecule has 0 fully saturated rings. The second-order valence-corrected chi connectivity index (χ2v) is 2.98. The molecule has 0 spiro atoms. The molecule has 0 radical (unpaired) electrons. The summed E-state index contributed by atoms with van der Waals surface area (Å²) < 4.78 is 0. The van der Waals surface area contributed by atoms with Crippen molar-refractivity contribution in [3.63, 3.8) is 0 Å². The molecule has 0 atom stereocenters. The van der Waals surface area contributed by atoms with E-state index in [9.17, 15) is 0 Å². The normalized spacial score (nSPS) is 8.54. The van der Waals surface area contributed by atoms with Crippen LogP contribution in [-0.4, -0.2) is 5.71 Å². The molecular formula is C12H13N. The van der Waals surface area contributed by atoms with E-state index in [1.165, 1.54) is 0 Å². The molecule has 0 aliphatic heterocycles. The van der Waals surface area contributed by atoms with Gasteiger partial charge in [-0.2, -0.15) is 0 Å². The van der Waals surface area contributed by atoms with Gasteiger partial charge in [0.15, 0.2) is 0 Å². The summed E-state index contributed by atoms with van der Waals surface area (Å²) in [6.45, 7) is 5.80. The summed E-state index contributed by atoms with van der Waals surface area (Å²) in [7, 11) is 0. The number of nitrogens with zero attached hydrogens (tertiary/aromatic N) is 1. The second kappa shape index (κ2) is 4.47. The highest BCUT2D eigenvalue weighted by Crippen LogP contribution is 2.13. The monoisotopic (exact) mass is 171 g/mol. The molecule has 1 nitrogen and oxygen atoms in total. The first-order valence-corrected chi connectivity index (χ1v) is 4.27. The van der Waals surface area contributed by atoms with Crippen LogP contribution in [0.3, 0.4) is 0 Å².